The van der Waals surface area contributed by atoms with Gasteiger partial charge in [-0.1, -0.05) is 30.7 Å². The zero-order valence-electron chi connectivity index (χ0n) is 15.5. The quantitative estimate of drug-likeness (QED) is 0.588. The second-order valence-electron chi connectivity index (χ2n) is 6.31. The van der Waals surface area contributed by atoms with Crippen molar-refractivity contribution in [2.24, 2.45) is 0 Å². The van der Waals surface area contributed by atoms with E-state index in [1.165, 1.54) is 24.3 Å². The summed E-state index contributed by atoms with van der Waals surface area (Å²) in [4.78, 5) is 38.2. The van der Waals surface area contributed by atoms with Crippen molar-refractivity contribution in [3.63, 3.8) is 0 Å². The summed E-state index contributed by atoms with van der Waals surface area (Å²) in [7, 11) is 0. The van der Waals surface area contributed by atoms with E-state index in [4.69, 9.17) is 16.3 Å². The first-order valence-electron chi connectivity index (χ1n) is 8.81. The Hall–Kier alpha value is -3.12. The first kappa shape index (κ1) is 19.6. The molecule has 1 N–H and O–H groups in total. The van der Waals surface area contributed by atoms with Crippen LogP contribution in [0.5, 0.6) is 0 Å². The molecule has 0 unspecified atom stereocenters. The maximum atomic E-state index is 12.8. The highest BCUT2D eigenvalue weighted by Gasteiger charge is 2.39. The number of ether oxygens (including phenoxy) is 1. The highest BCUT2D eigenvalue weighted by Crippen LogP contribution is 2.30. The van der Waals surface area contributed by atoms with Crippen molar-refractivity contribution in [1.29, 1.82) is 0 Å². The third-order valence-corrected chi connectivity index (χ3v) is 4.46. The van der Waals surface area contributed by atoms with E-state index in [1.54, 1.807) is 6.07 Å². The van der Waals surface area contributed by atoms with Gasteiger partial charge in [0.05, 0.1) is 17.9 Å². The van der Waals surface area contributed by atoms with Crippen LogP contribution in [0.4, 0.5) is 11.4 Å². The predicted molar refractivity (Wildman–Crippen MR) is 107 cm³/mol. The molecule has 2 aromatic rings. The molecule has 0 radical (unpaired) electrons. The van der Waals surface area contributed by atoms with Crippen LogP contribution in [-0.4, -0.2) is 24.4 Å². The fraction of sp³-hybridized carbons (Fsp3) is 0.190. The number of amides is 2. The van der Waals surface area contributed by atoms with E-state index in [1.807, 2.05) is 32.0 Å². The number of imide groups is 1. The van der Waals surface area contributed by atoms with E-state index >= 15 is 0 Å². The van der Waals surface area contributed by atoms with Crippen molar-refractivity contribution >= 4 is 40.8 Å². The summed E-state index contributed by atoms with van der Waals surface area (Å²) in [5.41, 5.74) is 2.34. The lowest BCUT2D eigenvalue weighted by Crippen LogP contribution is -2.32. The molecule has 2 aromatic carbocycles. The van der Waals surface area contributed by atoms with Gasteiger partial charge >= 0.3 is 5.97 Å². The number of esters is 1. The Morgan fingerprint density at radius 1 is 1.11 bits per heavy atom. The number of aryl methyl sites for hydroxylation is 1. The second kappa shape index (κ2) is 8.27. The Balaban J connectivity index is 1.80. The van der Waals surface area contributed by atoms with Crippen LogP contribution in [0.1, 0.15) is 29.3 Å². The standard InChI is InChI=1S/C21H19ClN2O4/c1-3-11-28-21(27)14-7-9-16(10-8-14)24-19(25)17(22)18(20(24)26)23-15-6-4-5-13(2)12-15/h4-10,12,23H,3,11H2,1-2H3. The molecule has 7 heteroatoms. The minimum atomic E-state index is -0.622. The van der Waals surface area contributed by atoms with Crippen LogP contribution in [0.3, 0.4) is 0 Å². The number of anilines is 2. The molecule has 0 aromatic heterocycles. The Morgan fingerprint density at radius 3 is 2.46 bits per heavy atom. The molecule has 28 heavy (non-hydrogen) atoms. The monoisotopic (exact) mass is 398 g/mol. The van der Waals surface area contributed by atoms with Gasteiger partial charge in [0, 0.05) is 5.69 Å². The fourth-order valence-corrected chi connectivity index (χ4v) is 2.95. The molecule has 0 bridgehead atoms. The molecule has 1 aliphatic rings. The predicted octanol–water partition coefficient (Wildman–Crippen LogP) is 4.00. The van der Waals surface area contributed by atoms with Gasteiger partial charge in [0.25, 0.3) is 11.8 Å². The van der Waals surface area contributed by atoms with Crippen LogP contribution in [0.25, 0.3) is 0 Å². The number of halogens is 1. The van der Waals surface area contributed by atoms with Gasteiger partial charge in [-0.25, -0.2) is 9.69 Å². The van der Waals surface area contributed by atoms with E-state index in [9.17, 15) is 14.4 Å². The van der Waals surface area contributed by atoms with Crippen LogP contribution in [-0.2, 0) is 14.3 Å². The molecule has 0 saturated heterocycles. The summed E-state index contributed by atoms with van der Waals surface area (Å²) >= 11 is 6.13. The Kier molecular flexibility index (Phi) is 5.80. The minimum Gasteiger partial charge on any atom is -0.462 e. The van der Waals surface area contributed by atoms with Crippen LogP contribution in [0.2, 0.25) is 0 Å². The van der Waals surface area contributed by atoms with E-state index < -0.39 is 17.8 Å². The van der Waals surface area contributed by atoms with Gasteiger partial charge in [-0.05, 0) is 55.3 Å². The van der Waals surface area contributed by atoms with Crippen LogP contribution >= 0.6 is 11.6 Å². The molecule has 2 amide bonds. The minimum absolute atomic E-state index is 0.0173. The third kappa shape index (κ3) is 3.92. The maximum Gasteiger partial charge on any atom is 0.338 e. The van der Waals surface area contributed by atoms with Crippen molar-refractivity contribution in [1.82, 2.24) is 0 Å². The smallest absolute Gasteiger partial charge is 0.338 e. The number of benzene rings is 2. The van der Waals surface area contributed by atoms with Crippen molar-refractivity contribution in [2.45, 2.75) is 20.3 Å². The van der Waals surface area contributed by atoms with Gasteiger partial charge in [-0.3, -0.25) is 9.59 Å². The molecule has 0 atom stereocenters. The third-order valence-electron chi connectivity index (χ3n) is 4.11. The molecule has 0 fully saturated rings. The topological polar surface area (TPSA) is 75.7 Å². The number of nitrogens with zero attached hydrogens (tertiary/aromatic N) is 1. The number of hydrogen-bond acceptors (Lipinski definition) is 5. The fourth-order valence-electron chi connectivity index (χ4n) is 2.74. The van der Waals surface area contributed by atoms with E-state index in [0.717, 1.165) is 16.9 Å². The van der Waals surface area contributed by atoms with E-state index in [-0.39, 0.29) is 10.7 Å². The lowest BCUT2D eigenvalue weighted by atomic mass is 10.2. The average Bonchev–Trinajstić information content (AvgIpc) is 2.89. The van der Waals surface area contributed by atoms with Crippen LogP contribution in [0, 0.1) is 6.92 Å². The highest BCUT2D eigenvalue weighted by atomic mass is 35.5. The molecule has 0 aliphatic carbocycles. The second-order valence-corrected chi connectivity index (χ2v) is 6.69. The lowest BCUT2D eigenvalue weighted by molar-refractivity contribution is -0.120. The summed E-state index contributed by atoms with van der Waals surface area (Å²) in [6, 6.07) is 13.4. The molecular formula is C21H19ClN2O4. The summed E-state index contributed by atoms with van der Waals surface area (Å²) in [6.45, 7) is 4.15. The Bertz CT molecular complexity index is 967. The zero-order valence-corrected chi connectivity index (χ0v) is 16.2. The maximum absolute atomic E-state index is 12.8. The van der Waals surface area contributed by atoms with Gasteiger partial charge in [-0.2, -0.15) is 0 Å². The molecule has 1 heterocycles. The SMILES string of the molecule is CCCOC(=O)c1ccc(N2C(=O)C(Cl)=C(Nc3cccc(C)c3)C2=O)cc1. The van der Waals surface area contributed by atoms with Gasteiger partial charge < -0.3 is 10.1 Å². The largest absolute Gasteiger partial charge is 0.462 e. The first-order valence-corrected chi connectivity index (χ1v) is 9.19. The number of rotatable bonds is 6. The highest BCUT2D eigenvalue weighted by molar-refractivity contribution is 6.53. The van der Waals surface area contributed by atoms with Gasteiger partial charge in [-0.15, -0.1) is 0 Å². The Labute approximate surface area is 167 Å². The van der Waals surface area contributed by atoms with E-state index in [2.05, 4.69) is 5.32 Å². The van der Waals surface area contributed by atoms with Crippen LogP contribution in [0.15, 0.2) is 59.3 Å². The van der Waals surface area contributed by atoms with E-state index in [0.29, 0.717) is 23.5 Å². The molecule has 0 spiro atoms. The number of carbonyl (C=O) groups is 3. The summed E-state index contributed by atoms with van der Waals surface area (Å²) in [6.07, 6.45) is 0.724. The number of nitrogens with one attached hydrogen (secondary N) is 1. The van der Waals surface area contributed by atoms with Crippen molar-refractivity contribution in [3.05, 3.63) is 70.4 Å². The van der Waals surface area contributed by atoms with Crippen molar-refractivity contribution in [2.75, 3.05) is 16.8 Å². The first-order chi connectivity index (χ1) is 13.4. The average molecular weight is 399 g/mol. The van der Waals surface area contributed by atoms with Crippen LogP contribution < -0.4 is 10.2 Å². The lowest BCUT2D eigenvalue weighted by Gasteiger charge is -2.15. The Morgan fingerprint density at radius 2 is 1.82 bits per heavy atom. The molecule has 3 rings (SSSR count). The van der Waals surface area contributed by atoms with Gasteiger partial charge in [0.15, 0.2) is 0 Å². The van der Waals surface area contributed by atoms with Gasteiger partial charge in [0.2, 0.25) is 0 Å². The van der Waals surface area contributed by atoms with Crippen molar-refractivity contribution < 1.29 is 19.1 Å². The summed E-state index contributed by atoms with van der Waals surface area (Å²) in [5, 5.41) is 2.74. The molecule has 6 nitrogen and oxygen atoms in total. The van der Waals surface area contributed by atoms with Crippen molar-refractivity contribution in [3.8, 4) is 0 Å². The number of carbonyl (C=O) groups excluding carboxylic acids is 3. The molecule has 144 valence electrons. The summed E-state index contributed by atoms with van der Waals surface area (Å²) < 4.78 is 5.07. The molecular weight excluding hydrogens is 380 g/mol. The zero-order chi connectivity index (χ0) is 20.3. The molecule has 1 aliphatic heterocycles. The summed E-state index contributed by atoms with van der Waals surface area (Å²) in [5.74, 6) is -1.63. The molecule has 0 saturated carbocycles. The van der Waals surface area contributed by atoms with Gasteiger partial charge in [0.1, 0.15) is 10.7 Å². The normalized spacial score (nSPS) is 13.9. The number of hydrogen-bond donors (Lipinski definition) is 1.